The Morgan fingerprint density at radius 1 is 0.968 bits per heavy atom. The zero-order valence-electron chi connectivity index (χ0n) is 17.5. The Hall–Kier alpha value is -2.97. The van der Waals surface area contributed by atoms with Gasteiger partial charge >= 0.3 is 0 Å². The Bertz CT molecular complexity index is 1180. The maximum atomic E-state index is 13.9. The molecule has 4 rings (SSSR count). The molecule has 1 saturated heterocycles. The predicted molar refractivity (Wildman–Crippen MR) is 118 cm³/mol. The van der Waals surface area contributed by atoms with Crippen LogP contribution in [0.5, 0.6) is 0 Å². The fourth-order valence-corrected chi connectivity index (χ4v) is 5.80. The van der Waals surface area contributed by atoms with Gasteiger partial charge in [-0.05, 0) is 31.5 Å². The highest BCUT2D eigenvalue weighted by Gasteiger charge is 2.43. The number of fused-ring (bicyclic) bond motifs is 1. The van der Waals surface area contributed by atoms with E-state index in [1.807, 2.05) is 13.0 Å². The van der Waals surface area contributed by atoms with Crippen LogP contribution in [0.4, 0.5) is 5.69 Å². The second-order valence-corrected chi connectivity index (χ2v) is 9.29. The molecule has 0 atom stereocenters. The first-order valence-electron chi connectivity index (χ1n) is 10.2. The number of allylic oxidation sites excluding steroid dienone is 2. The lowest BCUT2D eigenvalue weighted by atomic mass is 9.91. The molecule has 1 aliphatic carbocycles. The largest absolute Gasteiger partial charge is 0.378 e. The Kier molecular flexibility index (Phi) is 5.68. The molecule has 1 heterocycles. The number of ketones is 2. The lowest BCUT2D eigenvalue weighted by Gasteiger charge is -2.35. The highest BCUT2D eigenvalue weighted by Crippen LogP contribution is 2.35. The molecule has 0 spiro atoms. The van der Waals surface area contributed by atoms with Gasteiger partial charge in [-0.25, -0.2) is 8.42 Å². The molecule has 2 aliphatic rings. The van der Waals surface area contributed by atoms with Crippen LogP contribution in [-0.2, 0) is 14.8 Å². The summed E-state index contributed by atoms with van der Waals surface area (Å²) in [6.07, 6.45) is 0. The van der Waals surface area contributed by atoms with Gasteiger partial charge in [-0.15, -0.1) is 0 Å². The van der Waals surface area contributed by atoms with E-state index in [2.05, 4.69) is 0 Å². The number of benzene rings is 2. The SMILES string of the molecule is CCN(c1cccc(C)c1)S(=O)(=O)C1=C(N2CCOCC2)C(=O)c2ccccc2C1=O. The van der Waals surface area contributed by atoms with Crippen molar-refractivity contribution in [1.82, 2.24) is 4.90 Å². The zero-order chi connectivity index (χ0) is 22.2. The summed E-state index contributed by atoms with van der Waals surface area (Å²) in [5.74, 6) is -1.10. The van der Waals surface area contributed by atoms with Gasteiger partial charge in [0, 0.05) is 30.8 Å². The Morgan fingerprint density at radius 2 is 1.61 bits per heavy atom. The van der Waals surface area contributed by atoms with E-state index < -0.39 is 26.5 Å². The van der Waals surface area contributed by atoms with Crippen molar-refractivity contribution in [3.8, 4) is 0 Å². The number of carbonyl (C=O) groups is 2. The van der Waals surface area contributed by atoms with E-state index in [1.54, 1.807) is 48.2 Å². The van der Waals surface area contributed by atoms with Crippen molar-refractivity contribution in [2.75, 3.05) is 37.2 Å². The number of hydrogen-bond acceptors (Lipinski definition) is 6. The summed E-state index contributed by atoms with van der Waals surface area (Å²) < 4.78 is 34.3. The van der Waals surface area contributed by atoms with E-state index in [0.29, 0.717) is 32.0 Å². The minimum Gasteiger partial charge on any atom is -0.378 e. The van der Waals surface area contributed by atoms with Gasteiger partial charge in [0.25, 0.3) is 10.0 Å². The maximum absolute atomic E-state index is 13.9. The number of hydrogen-bond donors (Lipinski definition) is 0. The van der Waals surface area contributed by atoms with E-state index in [0.717, 1.165) is 5.56 Å². The second kappa shape index (κ2) is 8.28. The third kappa shape index (κ3) is 3.66. The van der Waals surface area contributed by atoms with Crippen molar-refractivity contribution >= 4 is 27.3 Å². The number of anilines is 1. The Balaban J connectivity index is 1.94. The smallest absolute Gasteiger partial charge is 0.270 e. The summed E-state index contributed by atoms with van der Waals surface area (Å²) in [5, 5.41) is 0. The topological polar surface area (TPSA) is 84.0 Å². The molecule has 0 aromatic heterocycles. The van der Waals surface area contributed by atoms with Crippen LogP contribution in [0.15, 0.2) is 59.1 Å². The molecule has 0 amide bonds. The number of sulfonamides is 1. The standard InChI is InChI=1S/C23H24N2O5S/c1-3-25(17-8-6-7-16(2)15-17)31(28,29)23-20(24-11-13-30-14-12-24)21(26)18-9-4-5-10-19(18)22(23)27/h4-10,15H,3,11-14H2,1-2H3. The van der Waals surface area contributed by atoms with Crippen LogP contribution >= 0.6 is 0 Å². The highest BCUT2D eigenvalue weighted by atomic mass is 32.2. The molecule has 0 unspecified atom stereocenters. The van der Waals surface area contributed by atoms with Gasteiger partial charge in [-0.2, -0.15) is 0 Å². The van der Waals surface area contributed by atoms with Crippen molar-refractivity contribution in [3.05, 3.63) is 75.8 Å². The lowest BCUT2D eigenvalue weighted by Crippen LogP contribution is -2.44. The summed E-state index contributed by atoms with van der Waals surface area (Å²) in [5.41, 5.74) is 1.63. The minimum atomic E-state index is -4.31. The first-order chi connectivity index (χ1) is 14.9. The number of carbonyl (C=O) groups excluding carboxylic acids is 2. The molecule has 0 N–H and O–H groups in total. The number of nitrogens with zero attached hydrogens (tertiary/aromatic N) is 2. The van der Waals surface area contributed by atoms with E-state index in [1.165, 1.54) is 10.4 Å². The predicted octanol–water partition coefficient (Wildman–Crippen LogP) is 2.77. The summed E-state index contributed by atoms with van der Waals surface area (Å²) in [4.78, 5) is 28.2. The summed E-state index contributed by atoms with van der Waals surface area (Å²) in [6.45, 7) is 5.09. The fourth-order valence-electron chi connectivity index (χ4n) is 4.04. The Morgan fingerprint density at radius 3 is 2.23 bits per heavy atom. The average molecular weight is 441 g/mol. The van der Waals surface area contributed by atoms with Crippen LogP contribution in [0.2, 0.25) is 0 Å². The third-order valence-corrected chi connectivity index (χ3v) is 7.45. The molecule has 2 aromatic carbocycles. The summed E-state index contributed by atoms with van der Waals surface area (Å²) >= 11 is 0. The normalized spacial score (nSPS) is 17.0. The van der Waals surface area contributed by atoms with Crippen molar-refractivity contribution in [3.63, 3.8) is 0 Å². The lowest BCUT2D eigenvalue weighted by molar-refractivity contribution is 0.0499. The monoisotopic (exact) mass is 440 g/mol. The number of morpholine rings is 1. The number of aryl methyl sites for hydroxylation is 1. The third-order valence-electron chi connectivity index (χ3n) is 5.50. The van der Waals surface area contributed by atoms with Gasteiger partial charge in [0.05, 0.1) is 18.9 Å². The van der Waals surface area contributed by atoms with Gasteiger partial charge in [-0.1, -0.05) is 36.4 Å². The van der Waals surface area contributed by atoms with Crippen molar-refractivity contribution in [1.29, 1.82) is 0 Å². The molecule has 7 nitrogen and oxygen atoms in total. The summed E-state index contributed by atoms with van der Waals surface area (Å²) in [6, 6.07) is 13.4. The van der Waals surface area contributed by atoms with Crippen molar-refractivity contribution in [2.24, 2.45) is 0 Å². The first kappa shape index (κ1) is 21.3. The minimum absolute atomic E-state index is 0.0573. The van der Waals surface area contributed by atoms with Gasteiger partial charge in [0.15, 0.2) is 4.91 Å². The summed E-state index contributed by atoms with van der Waals surface area (Å²) in [7, 11) is -4.31. The van der Waals surface area contributed by atoms with Crippen LogP contribution in [-0.4, -0.2) is 57.7 Å². The number of Topliss-reactive ketones (excluding diaryl/α,β-unsaturated/α-hetero) is 2. The molecule has 162 valence electrons. The second-order valence-electron chi connectivity index (χ2n) is 7.49. The van der Waals surface area contributed by atoms with Gasteiger partial charge in [0.2, 0.25) is 11.6 Å². The fraction of sp³-hybridized carbons (Fsp3) is 0.304. The van der Waals surface area contributed by atoms with Crippen LogP contribution in [0.1, 0.15) is 33.2 Å². The first-order valence-corrected chi connectivity index (χ1v) is 11.6. The van der Waals surface area contributed by atoms with Crippen molar-refractivity contribution < 1.29 is 22.7 Å². The van der Waals surface area contributed by atoms with Crippen LogP contribution in [0, 0.1) is 6.92 Å². The number of ether oxygens (including phenoxy) is 1. The van der Waals surface area contributed by atoms with Crippen molar-refractivity contribution in [2.45, 2.75) is 13.8 Å². The Labute approximate surface area is 182 Å². The van der Waals surface area contributed by atoms with Crippen LogP contribution in [0.3, 0.4) is 0 Å². The molecule has 2 aromatic rings. The zero-order valence-corrected chi connectivity index (χ0v) is 18.3. The van der Waals surface area contributed by atoms with Crippen LogP contribution < -0.4 is 4.31 Å². The van der Waals surface area contributed by atoms with E-state index in [-0.39, 0.29) is 23.4 Å². The van der Waals surface area contributed by atoms with Crippen LogP contribution in [0.25, 0.3) is 0 Å². The molecule has 0 saturated carbocycles. The average Bonchev–Trinajstić information content (AvgIpc) is 2.77. The number of rotatable bonds is 5. The van der Waals surface area contributed by atoms with Gasteiger partial charge in [0.1, 0.15) is 5.70 Å². The molecular formula is C23H24N2O5S. The van der Waals surface area contributed by atoms with Gasteiger partial charge < -0.3 is 9.64 Å². The molecular weight excluding hydrogens is 416 g/mol. The van der Waals surface area contributed by atoms with E-state index in [4.69, 9.17) is 4.74 Å². The van der Waals surface area contributed by atoms with E-state index in [9.17, 15) is 18.0 Å². The highest BCUT2D eigenvalue weighted by molar-refractivity contribution is 7.97. The molecule has 1 fully saturated rings. The molecule has 1 aliphatic heterocycles. The van der Waals surface area contributed by atoms with E-state index >= 15 is 0 Å². The maximum Gasteiger partial charge on any atom is 0.270 e. The molecule has 0 radical (unpaired) electrons. The van der Waals surface area contributed by atoms with Gasteiger partial charge in [-0.3, -0.25) is 13.9 Å². The quantitative estimate of drug-likeness (QED) is 0.711. The molecule has 8 heteroatoms. The molecule has 31 heavy (non-hydrogen) atoms. The molecule has 0 bridgehead atoms.